The summed E-state index contributed by atoms with van der Waals surface area (Å²) < 4.78 is 25.4. The molecule has 2 aromatic rings. The van der Waals surface area contributed by atoms with E-state index < -0.39 is 11.7 Å². The average Bonchev–Trinajstić information content (AvgIpc) is 2.73. The summed E-state index contributed by atoms with van der Waals surface area (Å²) >= 11 is 0. The smallest absolute Gasteiger partial charge is 0.269 e. The number of methoxy groups -OCH3 is 2. The van der Waals surface area contributed by atoms with Crippen LogP contribution >= 0.6 is 0 Å². The number of nitrogen functional groups attached to an aromatic ring is 1. The Labute approximate surface area is 169 Å². The second kappa shape index (κ2) is 9.68. The van der Waals surface area contributed by atoms with Crippen molar-refractivity contribution in [3.8, 4) is 22.6 Å². The van der Waals surface area contributed by atoms with Crippen LogP contribution in [-0.2, 0) is 4.79 Å². The van der Waals surface area contributed by atoms with E-state index in [1.807, 2.05) is 6.92 Å². The molecule has 0 radical (unpaired) electrons. The Balaban J connectivity index is 2.66. The van der Waals surface area contributed by atoms with Crippen molar-refractivity contribution in [2.75, 3.05) is 33.5 Å². The van der Waals surface area contributed by atoms with E-state index in [4.69, 9.17) is 20.9 Å². The molecule has 2 rings (SSSR count). The van der Waals surface area contributed by atoms with Gasteiger partial charge in [0.1, 0.15) is 23.0 Å². The van der Waals surface area contributed by atoms with E-state index in [0.29, 0.717) is 34.9 Å². The Kier molecular flexibility index (Phi) is 7.30. The minimum atomic E-state index is -0.529. The molecule has 6 N–H and O–H groups in total. The molecular formula is C21H27FN4O3. The third kappa shape index (κ3) is 4.53. The maximum absolute atomic E-state index is 14.8. The van der Waals surface area contributed by atoms with Crippen LogP contribution in [0.15, 0.2) is 36.0 Å². The first-order valence-electron chi connectivity index (χ1n) is 9.15. The molecular weight excluding hydrogens is 375 g/mol. The first kappa shape index (κ1) is 21.9. The molecule has 0 aliphatic carbocycles. The molecule has 0 aliphatic rings. The van der Waals surface area contributed by atoms with Crippen LogP contribution in [0.5, 0.6) is 11.5 Å². The van der Waals surface area contributed by atoms with E-state index in [1.165, 1.54) is 26.4 Å². The second-order valence-corrected chi connectivity index (χ2v) is 6.24. The molecule has 0 fully saturated rings. The summed E-state index contributed by atoms with van der Waals surface area (Å²) in [7, 11) is 4.62. The molecule has 0 aromatic heterocycles. The summed E-state index contributed by atoms with van der Waals surface area (Å²) in [4.78, 5) is 12.3. The summed E-state index contributed by atoms with van der Waals surface area (Å²) in [5.74, 6) is 0.00631. The van der Waals surface area contributed by atoms with E-state index >= 15 is 0 Å². The molecule has 156 valence electrons. The number of carbonyl (C=O) groups is 1. The van der Waals surface area contributed by atoms with E-state index in [0.717, 1.165) is 6.42 Å². The van der Waals surface area contributed by atoms with Crippen molar-refractivity contribution in [3.05, 3.63) is 47.4 Å². The monoisotopic (exact) mass is 402 g/mol. The SMILES string of the molecule is CCCNC(=O)/C(N)=C(\NC)c1ccc(F)c(-c2ccc(OC)cc2OC)c1N. The normalized spacial score (nSPS) is 11.5. The Morgan fingerprint density at radius 1 is 1.17 bits per heavy atom. The van der Waals surface area contributed by atoms with Crippen LogP contribution in [0.1, 0.15) is 18.9 Å². The van der Waals surface area contributed by atoms with Crippen molar-refractivity contribution in [1.29, 1.82) is 0 Å². The summed E-state index contributed by atoms with van der Waals surface area (Å²) in [6.45, 7) is 2.43. The van der Waals surface area contributed by atoms with E-state index in [1.54, 1.807) is 25.2 Å². The molecule has 0 unspecified atom stereocenters. The number of nitrogens with one attached hydrogen (secondary N) is 2. The molecule has 0 atom stereocenters. The van der Waals surface area contributed by atoms with Crippen molar-refractivity contribution >= 4 is 17.3 Å². The summed E-state index contributed by atoms with van der Waals surface area (Å²) in [5.41, 5.74) is 13.8. The first-order chi connectivity index (χ1) is 13.9. The highest BCUT2D eigenvalue weighted by Crippen LogP contribution is 2.40. The van der Waals surface area contributed by atoms with Crippen LogP contribution in [0.3, 0.4) is 0 Å². The molecule has 2 aromatic carbocycles. The van der Waals surface area contributed by atoms with Gasteiger partial charge >= 0.3 is 0 Å². The minimum absolute atomic E-state index is 0.0353. The lowest BCUT2D eigenvalue weighted by atomic mass is 9.96. The third-order valence-electron chi connectivity index (χ3n) is 4.44. The fourth-order valence-corrected chi connectivity index (χ4v) is 2.95. The Bertz CT molecular complexity index is 928. The van der Waals surface area contributed by atoms with Gasteiger partial charge in [0.25, 0.3) is 5.91 Å². The van der Waals surface area contributed by atoms with Crippen molar-refractivity contribution in [1.82, 2.24) is 10.6 Å². The number of hydrogen-bond donors (Lipinski definition) is 4. The maximum Gasteiger partial charge on any atom is 0.269 e. The Morgan fingerprint density at radius 3 is 2.48 bits per heavy atom. The van der Waals surface area contributed by atoms with Crippen molar-refractivity contribution in [2.45, 2.75) is 13.3 Å². The van der Waals surface area contributed by atoms with Gasteiger partial charge in [0.05, 0.1) is 25.6 Å². The lowest BCUT2D eigenvalue weighted by Crippen LogP contribution is -2.32. The third-order valence-corrected chi connectivity index (χ3v) is 4.44. The summed E-state index contributed by atoms with van der Waals surface area (Å²) in [6, 6.07) is 7.75. The summed E-state index contributed by atoms with van der Waals surface area (Å²) in [6.07, 6.45) is 0.772. The fourth-order valence-electron chi connectivity index (χ4n) is 2.95. The standard InChI is InChI=1S/C21H27FN4O3/c1-5-10-26-21(27)19(24)20(25-2)14-8-9-15(22)17(18(14)23)13-7-6-12(28-3)11-16(13)29-4/h6-9,11,25H,5,10,23-24H2,1-4H3,(H,26,27)/b20-19+. The Morgan fingerprint density at radius 2 is 1.90 bits per heavy atom. The molecule has 0 bridgehead atoms. The molecule has 0 heterocycles. The van der Waals surface area contributed by atoms with Gasteiger partial charge in [-0.3, -0.25) is 4.79 Å². The molecule has 0 saturated carbocycles. The van der Waals surface area contributed by atoms with E-state index in [9.17, 15) is 9.18 Å². The maximum atomic E-state index is 14.8. The highest BCUT2D eigenvalue weighted by molar-refractivity contribution is 6.02. The van der Waals surface area contributed by atoms with Crippen LogP contribution in [-0.4, -0.2) is 33.7 Å². The van der Waals surface area contributed by atoms with Gasteiger partial charge in [-0.2, -0.15) is 0 Å². The van der Waals surface area contributed by atoms with Gasteiger partial charge in [0.2, 0.25) is 0 Å². The van der Waals surface area contributed by atoms with Gasteiger partial charge in [0.15, 0.2) is 0 Å². The van der Waals surface area contributed by atoms with Crippen LogP contribution in [0, 0.1) is 5.82 Å². The zero-order valence-corrected chi connectivity index (χ0v) is 17.1. The van der Waals surface area contributed by atoms with Crippen molar-refractivity contribution in [2.24, 2.45) is 5.73 Å². The fraction of sp³-hybridized carbons (Fsp3) is 0.286. The molecule has 7 nitrogen and oxygen atoms in total. The highest BCUT2D eigenvalue weighted by atomic mass is 19.1. The predicted octanol–water partition coefficient (Wildman–Crippen LogP) is 2.47. The zero-order chi connectivity index (χ0) is 21.6. The number of hydrogen-bond acceptors (Lipinski definition) is 6. The van der Waals surface area contributed by atoms with Gasteiger partial charge < -0.3 is 31.6 Å². The molecule has 8 heteroatoms. The number of nitrogens with two attached hydrogens (primary N) is 2. The van der Waals surface area contributed by atoms with Gasteiger partial charge in [-0.05, 0) is 30.7 Å². The van der Waals surface area contributed by atoms with Gasteiger partial charge in [-0.1, -0.05) is 6.92 Å². The lowest BCUT2D eigenvalue weighted by Gasteiger charge is -2.18. The topological polar surface area (TPSA) is 112 Å². The largest absolute Gasteiger partial charge is 0.497 e. The highest BCUT2D eigenvalue weighted by Gasteiger charge is 2.21. The van der Waals surface area contributed by atoms with E-state index in [-0.39, 0.29) is 16.9 Å². The molecule has 29 heavy (non-hydrogen) atoms. The molecule has 0 aliphatic heterocycles. The number of halogens is 1. The van der Waals surface area contributed by atoms with Gasteiger partial charge in [0, 0.05) is 36.3 Å². The summed E-state index contributed by atoms with van der Waals surface area (Å²) in [5, 5.41) is 5.62. The predicted molar refractivity (Wildman–Crippen MR) is 113 cm³/mol. The Hall–Kier alpha value is -3.42. The quantitative estimate of drug-likeness (QED) is 0.399. The zero-order valence-electron chi connectivity index (χ0n) is 17.1. The van der Waals surface area contributed by atoms with Crippen LogP contribution < -0.4 is 31.6 Å². The van der Waals surface area contributed by atoms with Crippen molar-refractivity contribution in [3.63, 3.8) is 0 Å². The number of amides is 1. The number of carbonyl (C=O) groups excluding carboxylic acids is 1. The molecule has 0 spiro atoms. The van der Waals surface area contributed by atoms with Crippen LogP contribution in [0.4, 0.5) is 10.1 Å². The first-order valence-corrected chi connectivity index (χ1v) is 9.15. The average molecular weight is 402 g/mol. The number of anilines is 1. The lowest BCUT2D eigenvalue weighted by molar-refractivity contribution is -0.117. The van der Waals surface area contributed by atoms with Gasteiger partial charge in [-0.15, -0.1) is 0 Å². The number of ether oxygens (including phenoxy) is 2. The van der Waals surface area contributed by atoms with Crippen LogP contribution in [0.2, 0.25) is 0 Å². The molecule has 0 saturated heterocycles. The van der Waals surface area contributed by atoms with Crippen LogP contribution in [0.25, 0.3) is 16.8 Å². The second-order valence-electron chi connectivity index (χ2n) is 6.24. The number of rotatable bonds is 8. The minimum Gasteiger partial charge on any atom is -0.497 e. The molecule has 1 amide bonds. The van der Waals surface area contributed by atoms with Gasteiger partial charge in [-0.25, -0.2) is 4.39 Å². The van der Waals surface area contributed by atoms with E-state index in [2.05, 4.69) is 10.6 Å². The van der Waals surface area contributed by atoms with Crippen molar-refractivity contribution < 1.29 is 18.7 Å². The number of benzene rings is 2.